The van der Waals surface area contributed by atoms with Crippen LogP contribution < -0.4 is 10.2 Å². The minimum Gasteiger partial charge on any atom is -0.487 e. The molecule has 0 spiro atoms. The predicted octanol–water partition coefficient (Wildman–Crippen LogP) is 4.57. The van der Waals surface area contributed by atoms with Gasteiger partial charge in [0, 0.05) is 12.1 Å². The Kier molecular flexibility index (Phi) is 8.53. The minimum atomic E-state index is -1.30. The van der Waals surface area contributed by atoms with Crippen molar-refractivity contribution >= 4 is 63.0 Å². The van der Waals surface area contributed by atoms with Crippen LogP contribution in [0.1, 0.15) is 22.8 Å². The minimum absolute atomic E-state index is 0.0323. The zero-order valence-corrected chi connectivity index (χ0v) is 20.8. The van der Waals surface area contributed by atoms with Gasteiger partial charge in [0.1, 0.15) is 12.4 Å². The molecule has 3 aromatic carbocycles. The number of rotatable bonds is 8. The van der Waals surface area contributed by atoms with Crippen molar-refractivity contribution in [2.24, 2.45) is 5.10 Å². The Morgan fingerprint density at radius 2 is 1.75 bits per heavy atom. The highest BCUT2D eigenvalue weighted by atomic mass is 127. The van der Waals surface area contributed by atoms with E-state index in [2.05, 4.69) is 55.7 Å². The Hall–Kier alpha value is -2.58. The summed E-state index contributed by atoms with van der Waals surface area (Å²) in [6.07, 6.45) is 0.184. The van der Waals surface area contributed by atoms with Crippen molar-refractivity contribution < 1.29 is 19.6 Å². The molecule has 0 bridgehead atoms. The number of nitrogens with zero attached hydrogens (tertiary/aromatic N) is 2. The second-order valence-electron chi connectivity index (χ2n) is 6.57. The normalized spacial score (nSPS) is 11.8. The highest BCUT2D eigenvalue weighted by molar-refractivity contribution is 14.1. The number of carbonyl (C=O) groups is 1. The lowest BCUT2D eigenvalue weighted by molar-refractivity contribution is -0.384. The lowest BCUT2D eigenvalue weighted by Crippen LogP contribution is -2.25. The van der Waals surface area contributed by atoms with Crippen molar-refractivity contribution in [1.29, 1.82) is 0 Å². The molecular formula is C22H17I2N3O5. The third kappa shape index (κ3) is 6.46. The number of nitro benzene ring substituents is 1. The third-order valence-corrected chi connectivity index (χ3v) is 5.91. The smallest absolute Gasteiger partial charge is 0.273 e. The molecule has 0 saturated heterocycles. The molecule has 0 saturated carbocycles. The summed E-state index contributed by atoms with van der Waals surface area (Å²) in [5, 5.41) is 24.7. The summed E-state index contributed by atoms with van der Waals surface area (Å²) in [5.74, 6) is 0.0603. The standard InChI is InChI=1S/C22H17I2N3O5/c23-18-10-15(12-25-26-22(29)20(28)16-4-2-1-3-5-16)11-19(24)21(18)32-13-14-6-8-17(9-7-14)27(30)31/h1-12,20,28H,13H2,(H,26,29)/b25-12-/t20-/m1/s1. The van der Waals surface area contributed by atoms with Gasteiger partial charge in [-0.25, -0.2) is 5.43 Å². The number of carbonyl (C=O) groups excluding carboxylic acids is 1. The SMILES string of the molecule is O=C(N/N=C\c1cc(I)c(OCc2ccc([N+](=O)[O-])cc2)c(I)c1)[C@H](O)c1ccccc1. The van der Waals surface area contributed by atoms with Gasteiger partial charge in [0.05, 0.1) is 18.3 Å². The molecule has 0 heterocycles. The van der Waals surface area contributed by atoms with Crippen LogP contribution in [-0.4, -0.2) is 22.2 Å². The Morgan fingerprint density at radius 1 is 1.12 bits per heavy atom. The molecule has 8 nitrogen and oxygen atoms in total. The van der Waals surface area contributed by atoms with E-state index in [4.69, 9.17) is 4.74 Å². The number of halogens is 2. The number of benzene rings is 3. The molecule has 1 amide bonds. The number of aliphatic hydroxyl groups excluding tert-OH is 1. The molecule has 0 radical (unpaired) electrons. The molecule has 164 valence electrons. The van der Waals surface area contributed by atoms with Crippen LogP contribution in [-0.2, 0) is 11.4 Å². The van der Waals surface area contributed by atoms with Gasteiger partial charge in [-0.3, -0.25) is 14.9 Å². The first-order valence-corrected chi connectivity index (χ1v) is 11.4. The van der Waals surface area contributed by atoms with Gasteiger partial charge in [0.25, 0.3) is 11.6 Å². The van der Waals surface area contributed by atoms with Gasteiger partial charge < -0.3 is 9.84 Å². The lowest BCUT2D eigenvalue weighted by Gasteiger charge is -2.11. The van der Waals surface area contributed by atoms with Gasteiger partial charge >= 0.3 is 0 Å². The number of hydrogen-bond acceptors (Lipinski definition) is 6. The molecular weight excluding hydrogens is 640 g/mol. The highest BCUT2D eigenvalue weighted by Crippen LogP contribution is 2.29. The number of non-ortho nitro benzene ring substituents is 1. The van der Waals surface area contributed by atoms with E-state index in [0.717, 1.165) is 18.3 Å². The van der Waals surface area contributed by atoms with Crippen LogP contribution in [0.5, 0.6) is 5.75 Å². The number of hydrazone groups is 1. The van der Waals surface area contributed by atoms with Crippen molar-refractivity contribution in [2.45, 2.75) is 12.7 Å². The van der Waals surface area contributed by atoms with E-state index < -0.39 is 16.9 Å². The van der Waals surface area contributed by atoms with Crippen LogP contribution >= 0.6 is 45.2 Å². The van der Waals surface area contributed by atoms with E-state index >= 15 is 0 Å². The van der Waals surface area contributed by atoms with Crippen molar-refractivity contribution in [3.8, 4) is 5.75 Å². The number of nitro groups is 1. The fourth-order valence-corrected chi connectivity index (χ4v) is 4.81. The van der Waals surface area contributed by atoms with Gasteiger partial charge in [-0.2, -0.15) is 5.10 Å². The molecule has 3 rings (SSSR count). The molecule has 0 aliphatic heterocycles. The van der Waals surface area contributed by atoms with E-state index in [1.807, 2.05) is 12.1 Å². The second kappa shape index (κ2) is 11.3. The van der Waals surface area contributed by atoms with Gasteiger partial charge in [-0.1, -0.05) is 30.3 Å². The third-order valence-electron chi connectivity index (χ3n) is 4.30. The summed E-state index contributed by atoms with van der Waals surface area (Å²) in [7, 11) is 0. The van der Waals surface area contributed by atoms with Crippen molar-refractivity contribution in [3.05, 3.63) is 101 Å². The van der Waals surface area contributed by atoms with Crippen molar-refractivity contribution in [2.75, 3.05) is 0 Å². The number of nitrogens with one attached hydrogen (secondary N) is 1. The average Bonchev–Trinajstić information content (AvgIpc) is 2.78. The maximum Gasteiger partial charge on any atom is 0.273 e. The number of ether oxygens (including phenoxy) is 1. The fourth-order valence-electron chi connectivity index (χ4n) is 2.68. The number of aliphatic hydroxyl groups is 1. The van der Waals surface area contributed by atoms with E-state index in [0.29, 0.717) is 11.3 Å². The molecule has 2 N–H and O–H groups in total. The van der Waals surface area contributed by atoms with Gasteiger partial charge in [0.15, 0.2) is 6.10 Å². The van der Waals surface area contributed by atoms with E-state index in [9.17, 15) is 20.0 Å². The summed E-state index contributed by atoms with van der Waals surface area (Å²) in [5.41, 5.74) is 4.41. The van der Waals surface area contributed by atoms with Crippen molar-refractivity contribution in [3.63, 3.8) is 0 Å². The molecule has 0 aliphatic rings. The van der Waals surface area contributed by atoms with Crippen LogP contribution in [0.25, 0.3) is 0 Å². The van der Waals surface area contributed by atoms with Crippen LogP contribution in [0.2, 0.25) is 0 Å². The largest absolute Gasteiger partial charge is 0.487 e. The average molecular weight is 657 g/mol. The zero-order valence-electron chi connectivity index (χ0n) is 16.4. The fraction of sp³-hybridized carbons (Fsp3) is 0.0909. The summed E-state index contributed by atoms with van der Waals surface area (Å²) in [6.45, 7) is 0.269. The maximum absolute atomic E-state index is 12.1. The van der Waals surface area contributed by atoms with Crippen molar-refractivity contribution in [1.82, 2.24) is 5.43 Å². The molecule has 0 aliphatic carbocycles. The first-order valence-electron chi connectivity index (χ1n) is 9.26. The van der Waals surface area contributed by atoms with E-state index in [1.165, 1.54) is 18.3 Å². The highest BCUT2D eigenvalue weighted by Gasteiger charge is 2.16. The first-order chi connectivity index (χ1) is 15.3. The summed E-state index contributed by atoms with van der Waals surface area (Å²) >= 11 is 4.29. The Bertz CT molecular complexity index is 1120. The summed E-state index contributed by atoms with van der Waals surface area (Å²) < 4.78 is 7.58. The number of amides is 1. The number of hydrogen-bond donors (Lipinski definition) is 2. The Morgan fingerprint density at radius 3 is 2.34 bits per heavy atom. The first kappa shape index (κ1) is 24.1. The summed E-state index contributed by atoms with van der Waals surface area (Å²) in [4.78, 5) is 22.4. The molecule has 3 aromatic rings. The van der Waals surface area contributed by atoms with E-state index in [1.54, 1.807) is 42.5 Å². The van der Waals surface area contributed by atoms with Crippen LogP contribution in [0.15, 0.2) is 71.8 Å². The van der Waals surface area contributed by atoms with Gasteiger partial charge in [-0.15, -0.1) is 0 Å². The topological polar surface area (TPSA) is 114 Å². The Balaban J connectivity index is 1.61. The van der Waals surface area contributed by atoms with Crippen LogP contribution in [0.4, 0.5) is 5.69 Å². The summed E-state index contributed by atoms with van der Waals surface area (Å²) in [6, 6.07) is 18.5. The molecule has 32 heavy (non-hydrogen) atoms. The zero-order chi connectivity index (χ0) is 23.1. The lowest BCUT2D eigenvalue weighted by atomic mass is 10.1. The van der Waals surface area contributed by atoms with Crippen LogP contribution in [0.3, 0.4) is 0 Å². The molecule has 0 aromatic heterocycles. The van der Waals surface area contributed by atoms with Crippen LogP contribution in [0, 0.1) is 17.3 Å². The molecule has 10 heteroatoms. The quantitative estimate of drug-likeness (QED) is 0.160. The molecule has 0 fully saturated rings. The van der Waals surface area contributed by atoms with Gasteiger partial charge in [-0.05, 0) is 86.1 Å². The molecule has 1 atom stereocenters. The predicted molar refractivity (Wildman–Crippen MR) is 136 cm³/mol. The van der Waals surface area contributed by atoms with Gasteiger partial charge in [0.2, 0.25) is 0 Å². The van der Waals surface area contributed by atoms with E-state index in [-0.39, 0.29) is 12.3 Å². The maximum atomic E-state index is 12.1. The second-order valence-corrected chi connectivity index (χ2v) is 8.90. The Labute approximate surface area is 211 Å². The monoisotopic (exact) mass is 657 g/mol. The molecule has 0 unspecified atom stereocenters.